The van der Waals surface area contributed by atoms with E-state index in [-0.39, 0.29) is 0 Å². The first-order valence-corrected chi connectivity index (χ1v) is 5.80. The fourth-order valence-electron chi connectivity index (χ4n) is 2.28. The summed E-state index contributed by atoms with van der Waals surface area (Å²) in [5.41, 5.74) is 8.44. The average Bonchev–Trinajstić information content (AvgIpc) is 2.64. The van der Waals surface area contributed by atoms with Crippen LogP contribution in [0.25, 0.3) is 0 Å². The van der Waals surface area contributed by atoms with Gasteiger partial charge in [-0.05, 0) is 19.4 Å². The van der Waals surface area contributed by atoms with Gasteiger partial charge in [0.1, 0.15) is 5.75 Å². The summed E-state index contributed by atoms with van der Waals surface area (Å²) in [6.45, 7) is 5.15. The molecule has 1 atom stereocenters. The SMILES string of the molecule is COc1ccc(C)cc1CN1CC[C@H](N)C1. The Morgan fingerprint density at radius 1 is 1.50 bits per heavy atom. The van der Waals surface area contributed by atoms with Crippen molar-refractivity contribution in [3.63, 3.8) is 0 Å². The first-order chi connectivity index (χ1) is 7.69. The lowest BCUT2D eigenvalue weighted by atomic mass is 10.1. The lowest BCUT2D eigenvalue weighted by Gasteiger charge is -2.17. The highest BCUT2D eigenvalue weighted by Gasteiger charge is 2.19. The molecule has 0 aliphatic carbocycles. The van der Waals surface area contributed by atoms with E-state index in [9.17, 15) is 0 Å². The number of nitrogens with zero attached hydrogens (tertiary/aromatic N) is 1. The third-order valence-electron chi connectivity index (χ3n) is 3.14. The Morgan fingerprint density at radius 3 is 2.94 bits per heavy atom. The van der Waals surface area contributed by atoms with Crippen LogP contribution in [-0.2, 0) is 6.54 Å². The van der Waals surface area contributed by atoms with E-state index in [1.807, 2.05) is 6.07 Å². The molecule has 0 aromatic heterocycles. The van der Waals surface area contributed by atoms with Crippen molar-refractivity contribution in [3.8, 4) is 5.75 Å². The van der Waals surface area contributed by atoms with Crippen LogP contribution < -0.4 is 10.5 Å². The van der Waals surface area contributed by atoms with Gasteiger partial charge in [-0.15, -0.1) is 0 Å². The normalized spacial score (nSPS) is 21.3. The number of aryl methyl sites for hydroxylation is 1. The largest absolute Gasteiger partial charge is 0.496 e. The summed E-state index contributed by atoms with van der Waals surface area (Å²) < 4.78 is 5.38. The maximum Gasteiger partial charge on any atom is 0.123 e. The van der Waals surface area contributed by atoms with E-state index in [0.29, 0.717) is 6.04 Å². The van der Waals surface area contributed by atoms with Crippen LogP contribution in [0.2, 0.25) is 0 Å². The second-order valence-corrected chi connectivity index (χ2v) is 4.60. The van der Waals surface area contributed by atoms with Gasteiger partial charge in [-0.3, -0.25) is 4.90 Å². The fourth-order valence-corrected chi connectivity index (χ4v) is 2.28. The summed E-state index contributed by atoms with van der Waals surface area (Å²) in [5.74, 6) is 0.978. The lowest BCUT2D eigenvalue weighted by molar-refractivity contribution is 0.317. The molecule has 2 rings (SSSR count). The van der Waals surface area contributed by atoms with Gasteiger partial charge in [0.15, 0.2) is 0 Å². The van der Waals surface area contributed by atoms with Gasteiger partial charge in [0.2, 0.25) is 0 Å². The molecule has 2 N–H and O–H groups in total. The molecule has 1 fully saturated rings. The zero-order valence-corrected chi connectivity index (χ0v) is 10.1. The molecule has 16 heavy (non-hydrogen) atoms. The van der Waals surface area contributed by atoms with Crippen molar-refractivity contribution in [3.05, 3.63) is 29.3 Å². The molecule has 1 aromatic rings. The Labute approximate surface area is 97.2 Å². The first kappa shape index (κ1) is 11.4. The predicted molar refractivity (Wildman–Crippen MR) is 65.6 cm³/mol. The molecule has 88 valence electrons. The Morgan fingerprint density at radius 2 is 2.31 bits per heavy atom. The van der Waals surface area contributed by atoms with Gasteiger partial charge >= 0.3 is 0 Å². The number of benzene rings is 1. The predicted octanol–water partition coefficient (Wildman–Crippen LogP) is 1.54. The van der Waals surface area contributed by atoms with Crippen LogP contribution in [-0.4, -0.2) is 31.1 Å². The summed E-state index contributed by atoms with van der Waals surface area (Å²) in [4.78, 5) is 2.39. The van der Waals surface area contributed by atoms with Gasteiger partial charge in [-0.1, -0.05) is 17.7 Å². The Hall–Kier alpha value is -1.06. The summed E-state index contributed by atoms with van der Waals surface area (Å²) in [5, 5.41) is 0. The van der Waals surface area contributed by atoms with E-state index in [0.717, 1.165) is 31.8 Å². The number of ether oxygens (including phenoxy) is 1. The topological polar surface area (TPSA) is 38.5 Å². The van der Waals surface area contributed by atoms with E-state index in [1.165, 1.54) is 11.1 Å². The Bertz CT molecular complexity index is 365. The van der Waals surface area contributed by atoms with Crippen molar-refractivity contribution in [1.29, 1.82) is 0 Å². The van der Waals surface area contributed by atoms with Crippen molar-refractivity contribution in [2.75, 3.05) is 20.2 Å². The van der Waals surface area contributed by atoms with Gasteiger partial charge in [0.25, 0.3) is 0 Å². The van der Waals surface area contributed by atoms with Gasteiger partial charge in [-0.25, -0.2) is 0 Å². The molecule has 0 spiro atoms. The van der Waals surface area contributed by atoms with E-state index < -0.39 is 0 Å². The molecule has 1 aliphatic rings. The van der Waals surface area contributed by atoms with Crippen LogP contribution >= 0.6 is 0 Å². The number of likely N-dealkylation sites (tertiary alicyclic amines) is 1. The molecule has 0 amide bonds. The molecule has 1 aromatic carbocycles. The number of hydrogen-bond donors (Lipinski definition) is 1. The zero-order chi connectivity index (χ0) is 11.5. The second-order valence-electron chi connectivity index (χ2n) is 4.60. The molecule has 1 aliphatic heterocycles. The van der Waals surface area contributed by atoms with Crippen molar-refractivity contribution in [2.45, 2.75) is 25.9 Å². The van der Waals surface area contributed by atoms with Crippen LogP contribution in [0.5, 0.6) is 5.75 Å². The molecule has 3 heteroatoms. The Balaban J connectivity index is 2.10. The molecular weight excluding hydrogens is 200 g/mol. The zero-order valence-electron chi connectivity index (χ0n) is 10.1. The highest BCUT2D eigenvalue weighted by Crippen LogP contribution is 2.22. The Kier molecular flexibility index (Phi) is 3.46. The molecule has 3 nitrogen and oxygen atoms in total. The molecule has 0 bridgehead atoms. The van der Waals surface area contributed by atoms with Crippen molar-refractivity contribution in [1.82, 2.24) is 4.90 Å². The summed E-state index contributed by atoms with van der Waals surface area (Å²) in [7, 11) is 1.73. The summed E-state index contributed by atoms with van der Waals surface area (Å²) >= 11 is 0. The minimum absolute atomic E-state index is 0.343. The fraction of sp³-hybridized carbons (Fsp3) is 0.538. The smallest absolute Gasteiger partial charge is 0.123 e. The van der Waals surface area contributed by atoms with E-state index in [2.05, 4.69) is 24.0 Å². The molecule has 0 saturated carbocycles. The standard InChI is InChI=1S/C13H20N2O/c1-10-3-4-13(16-2)11(7-10)8-15-6-5-12(14)9-15/h3-4,7,12H,5-6,8-9,14H2,1-2H3/t12-/m0/s1. The van der Waals surface area contributed by atoms with Crippen LogP contribution in [0.15, 0.2) is 18.2 Å². The van der Waals surface area contributed by atoms with Gasteiger partial charge in [0.05, 0.1) is 7.11 Å². The average molecular weight is 220 g/mol. The lowest BCUT2D eigenvalue weighted by Crippen LogP contribution is -2.26. The third-order valence-corrected chi connectivity index (χ3v) is 3.14. The highest BCUT2D eigenvalue weighted by atomic mass is 16.5. The minimum atomic E-state index is 0.343. The van der Waals surface area contributed by atoms with Gasteiger partial charge in [0, 0.05) is 31.2 Å². The minimum Gasteiger partial charge on any atom is -0.496 e. The van der Waals surface area contributed by atoms with Crippen molar-refractivity contribution in [2.24, 2.45) is 5.73 Å². The van der Waals surface area contributed by atoms with E-state index in [4.69, 9.17) is 10.5 Å². The molecular formula is C13H20N2O. The number of nitrogens with two attached hydrogens (primary N) is 1. The van der Waals surface area contributed by atoms with Gasteiger partial charge < -0.3 is 10.5 Å². The first-order valence-electron chi connectivity index (χ1n) is 5.80. The van der Waals surface area contributed by atoms with Crippen molar-refractivity contribution < 1.29 is 4.74 Å². The number of hydrogen-bond acceptors (Lipinski definition) is 3. The molecule has 1 saturated heterocycles. The highest BCUT2D eigenvalue weighted by molar-refractivity contribution is 5.36. The maximum absolute atomic E-state index is 5.91. The van der Waals surface area contributed by atoms with Gasteiger partial charge in [-0.2, -0.15) is 0 Å². The van der Waals surface area contributed by atoms with E-state index >= 15 is 0 Å². The molecule has 0 radical (unpaired) electrons. The summed E-state index contributed by atoms with van der Waals surface area (Å²) in [6.07, 6.45) is 1.11. The number of methoxy groups -OCH3 is 1. The monoisotopic (exact) mass is 220 g/mol. The van der Waals surface area contributed by atoms with E-state index in [1.54, 1.807) is 7.11 Å². The van der Waals surface area contributed by atoms with Crippen LogP contribution in [0, 0.1) is 6.92 Å². The van der Waals surface area contributed by atoms with Crippen LogP contribution in [0.1, 0.15) is 17.5 Å². The molecule has 1 heterocycles. The quantitative estimate of drug-likeness (QED) is 0.839. The maximum atomic E-state index is 5.91. The summed E-state index contributed by atoms with van der Waals surface area (Å²) in [6, 6.07) is 6.66. The van der Waals surface area contributed by atoms with Crippen molar-refractivity contribution >= 4 is 0 Å². The van der Waals surface area contributed by atoms with Crippen LogP contribution in [0.4, 0.5) is 0 Å². The van der Waals surface area contributed by atoms with Crippen LogP contribution in [0.3, 0.4) is 0 Å². The number of rotatable bonds is 3. The molecule has 0 unspecified atom stereocenters. The third kappa shape index (κ3) is 2.54. The second kappa shape index (κ2) is 4.85.